The molecule has 0 bridgehead atoms. The number of methoxy groups -OCH3 is 2. The van der Waals surface area contributed by atoms with Crippen molar-refractivity contribution in [3.05, 3.63) is 62.7 Å². The van der Waals surface area contributed by atoms with Gasteiger partial charge < -0.3 is 14.8 Å². The van der Waals surface area contributed by atoms with Gasteiger partial charge in [0.1, 0.15) is 0 Å². The number of nitrogens with one attached hydrogen (secondary N) is 1. The van der Waals surface area contributed by atoms with Crippen molar-refractivity contribution in [2.45, 2.75) is 26.8 Å². The van der Waals surface area contributed by atoms with Crippen molar-refractivity contribution in [3.63, 3.8) is 0 Å². The van der Waals surface area contributed by atoms with E-state index in [2.05, 4.69) is 5.32 Å². The van der Waals surface area contributed by atoms with Crippen molar-refractivity contribution in [1.29, 1.82) is 0 Å². The molecule has 0 saturated heterocycles. The number of nitro groups is 1. The number of hydrogen-bond donors (Lipinski definition) is 1. The van der Waals surface area contributed by atoms with E-state index < -0.39 is 0 Å². The smallest absolute Gasteiger partial charge is 0.274 e. The maximum Gasteiger partial charge on any atom is 0.274 e. The summed E-state index contributed by atoms with van der Waals surface area (Å²) in [6.07, 6.45) is 0.791. The first-order valence-corrected chi connectivity index (χ1v) is 8.12. The summed E-state index contributed by atoms with van der Waals surface area (Å²) >= 11 is 0. The number of aryl methyl sites for hydroxylation is 2. The first kappa shape index (κ1) is 18.7. The molecule has 0 aliphatic heterocycles. The Labute approximate surface area is 147 Å². The highest BCUT2D eigenvalue weighted by molar-refractivity contribution is 5.46. The molecule has 6 heteroatoms. The summed E-state index contributed by atoms with van der Waals surface area (Å²) in [4.78, 5) is 10.9. The fraction of sp³-hybridized carbons (Fsp3) is 0.368. The highest BCUT2D eigenvalue weighted by Gasteiger charge is 2.15. The number of benzene rings is 2. The average Bonchev–Trinajstić information content (AvgIpc) is 2.60. The molecule has 0 spiro atoms. The van der Waals surface area contributed by atoms with E-state index in [0.717, 1.165) is 23.1 Å². The molecule has 0 unspecified atom stereocenters. The Hall–Kier alpha value is -2.60. The van der Waals surface area contributed by atoms with Crippen LogP contribution in [0.3, 0.4) is 0 Å². The molecule has 0 aromatic heterocycles. The highest BCUT2D eigenvalue weighted by Crippen LogP contribution is 2.27. The minimum Gasteiger partial charge on any atom is -0.493 e. The van der Waals surface area contributed by atoms with Gasteiger partial charge in [0.15, 0.2) is 11.5 Å². The van der Waals surface area contributed by atoms with Crippen molar-refractivity contribution < 1.29 is 14.4 Å². The molecule has 0 heterocycles. The molecule has 0 aliphatic carbocycles. The van der Waals surface area contributed by atoms with Gasteiger partial charge in [0.2, 0.25) is 0 Å². The second kappa shape index (κ2) is 8.48. The van der Waals surface area contributed by atoms with Crippen molar-refractivity contribution in [3.8, 4) is 11.5 Å². The van der Waals surface area contributed by atoms with E-state index in [1.54, 1.807) is 20.3 Å². The quantitative estimate of drug-likeness (QED) is 0.450. The number of ether oxygens (including phenoxy) is 2. The summed E-state index contributed by atoms with van der Waals surface area (Å²) in [5.41, 5.74) is 3.98. The minimum atomic E-state index is -0.322. The first-order chi connectivity index (χ1) is 12.0. The van der Waals surface area contributed by atoms with E-state index in [4.69, 9.17) is 9.47 Å². The summed E-state index contributed by atoms with van der Waals surface area (Å²) in [5, 5.41) is 14.5. The second-order valence-corrected chi connectivity index (χ2v) is 5.94. The number of rotatable bonds is 8. The van der Waals surface area contributed by atoms with Gasteiger partial charge in [-0.2, -0.15) is 0 Å². The predicted molar refractivity (Wildman–Crippen MR) is 97.5 cm³/mol. The SMILES string of the molecule is COc1ccc(CCNCc2cc(C)c(C)cc2[N+](=O)[O-])cc1OC. The minimum absolute atomic E-state index is 0.168. The lowest BCUT2D eigenvalue weighted by Crippen LogP contribution is -2.17. The topological polar surface area (TPSA) is 73.6 Å². The number of nitro benzene ring substituents is 1. The summed E-state index contributed by atoms with van der Waals surface area (Å²) < 4.78 is 10.5. The van der Waals surface area contributed by atoms with Crippen LogP contribution in [-0.2, 0) is 13.0 Å². The van der Waals surface area contributed by atoms with E-state index in [1.165, 1.54) is 0 Å². The average molecular weight is 344 g/mol. The first-order valence-electron chi connectivity index (χ1n) is 8.12. The van der Waals surface area contributed by atoms with Crippen molar-refractivity contribution in [2.75, 3.05) is 20.8 Å². The van der Waals surface area contributed by atoms with Crippen LogP contribution < -0.4 is 14.8 Å². The molecule has 0 amide bonds. The van der Waals surface area contributed by atoms with Crippen LogP contribution in [0.2, 0.25) is 0 Å². The van der Waals surface area contributed by atoms with Crippen molar-refractivity contribution in [1.82, 2.24) is 5.32 Å². The Morgan fingerprint density at radius 3 is 2.36 bits per heavy atom. The lowest BCUT2D eigenvalue weighted by atomic mass is 10.0. The summed E-state index contributed by atoms with van der Waals surface area (Å²) in [6.45, 7) is 5.02. The Morgan fingerprint density at radius 2 is 1.72 bits per heavy atom. The van der Waals surface area contributed by atoms with Gasteiger partial charge in [0.05, 0.1) is 19.1 Å². The van der Waals surface area contributed by atoms with Gasteiger partial charge in [-0.25, -0.2) is 0 Å². The summed E-state index contributed by atoms with van der Waals surface area (Å²) in [7, 11) is 3.22. The van der Waals surface area contributed by atoms with Crippen LogP contribution in [0.15, 0.2) is 30.3 Å². The molecule has 6 nitrogen and oxygen atoms in total. The largest absolute Gasteiger partial charge is 0.493 e. The van der Waals surface area contributed by atoms with E-state index in [-0.39, 0.29) is 10.6 Å². The molecule has 25 heavy (non-hydrogen) atoms. The number of hydrogen-bond acceptors (Lipinski definition) is 5. The van der Waals surface area contributed by atoms with Gasteiger partial charge >= 0.3 is 0 Å². The van der Waals surface area contributed by atoms with E-state index in [1.807, 2.05) is 38.1 Å². The molecule has 2 rings (SSSR count). The number of nitrogens with zero attached hydrogens (tertiary/aromatic N) is 1. The maximum absolute atomic E-state index is 11.2. The third kappa shape index (κ3) is 4.70. The van der Waals surface area contributed by atoms with Gasteiger partial charge in [-0.3, -0.25) is 10.1 Å². The van der Waals surface area contributed by atoms with Gasteiger partial charge in [-0.05, 0) is 61.7 Å². The fourth-order valence-electron chi connectivity index (χ4n) is 2.66. The van der Waals surface area contributed by atoms with E-state index in [9.17, 15) is 10.1 Å². The van der Waals surface area contributed by atoms with Crippen LogP contribution in [0.4, 0.5) is 5.69 Å². The fourth-order valence-corrected chi connectivity index (χ4v) is 2.66. The Balaban J connectivity index is 1.98. The Kier molecular flexibility index (Phi) is 6.36. The zero-order valence-corrected chi connectivity index (χ0v) is 15.1. The molecule has 0 fully saturated rings. The lowest BCUT2D eigenvalue weighted by Gasteiger charge is -2.11. The lowest BCUT2D eigenvalue weighted by molar-refractivity contribution is -0.385. The zero-order chi connectivity index (χ0) is 18.4. The molecule has 0 atom stereocenters. The van der Waals surface area contributed by atoms with E-state index >= 15 is 0 Å². The van der Waals surface area contributed by atoms with Gasteiger partial charge in [0, 0.05) is 18.2 Å². The third-order valence-corrected chi connectivity index (χ3v) is 4.25. The normalized spacial score (nSPS) is 10.6. The van der Waals surface area contributed by atoms with Gasteiger partial charge in [0.25, 0.3) is 5.69 Å². The monoisotopic (exact) mass is 344 g/mol. The van der Waals surface area contributed by atoms with Gasteiger partial charge in [-0.15, -0.1) is 0 Å². The van der Waals surface area contributed by atoms with Crippen molar-refractivity contribution >= 4 is 5.69 Å². The van der Waals surface area contributed by atoms with Crippen LogP contribution in [0.1, 0.15) is 22.3 Å². The Bertz CT molecular complexity index is 759. The third-order valence-electron chi connectivity index (χ3n) is 4.25. The molecule has 0 radical (unpaired) electrons. The van der Waals surface area contributed by atoms with Crippen LogP contribution in [0.25, 0.3) is 0 Å². The molecule has 2 aromatic rings. The van der Waals surface area contributed by atoms with Crippen LogP contribution in [-0.4, -0.2) is 25.7 Å². The molecule has 1 N–H and O–H groups in total. The molecule has 0 aliphatic rings. The second-order valence-electron chi connectivity index (χ2n) is 5.94. The zero-order valence-electron chi connectivity index (χ0n) is 15.1. The van der Waals surface area contributed by atoms with Crippen molar-refractivity contribution in [2.24, 2.45) is 0 Å². The Morgan fingerprint density at radius 1 is 1.04 bits per heavy atom. The molecular weight excluding hydrogens is 320 g/mol. The predicted octanol–water partition coefficient (Wildman–Crippen LogP) is 3.56. The highest BCUT2D eigenvalue weighted by atomic mass is 16.6. The maximum atomic E-state index is 11.2. The summed E-state index contributed by atoms with van der Waals surface area (Å²) in [5.74, 6) is 1.40. The van der Waals surface area contributed by atoms with Crippen LogP contribution in [0, 0.1) is 24.0 Å². The molecule has 0 saturated carbocycles. The van der Waals surface area contributed by atoms with Crippen LogP contribution >= 0.6 is 0 Å². The van der Waals surface area contributed by atoms with E-state index in [0.29, 0.717) is 30.2 Å². The standard InChI is InChI=1S/C19H24N2O4/c1-13-9-16(17(21(22)23)10-14(13)2)12-20-8-7-15-5-6-18(24-3)19(11-15)25-4/h5-6,9-11,20H,7-8,12H2,1-4H3. The van der Waals surface area contributed by atoms with Gasteiger partial charge in [-0.1, -0.05) is 6.07 Å². The molecule has 2 aromatic carbocycles. The summed E-state index contributed by atoms with van der Waals surface area (Å²) in [6, 6.07) is 9.33. The van der Waals surface area contributed by atoms with Crippen LogP contribution in [0.5, 0.6) is 11.5 Å². The molecule has 134 valence electrons. The molecular formula is C19H24N2O4.